The molecule has 0 aliphatic rings. The number of aliphatic hydroxyl groups is 2. The molecule has 12 heavy (non-hydrogen) atoms. The van der Waals surface area contributed by atoms with Crippen molar-refractivity contribution in [1.29, 1.82) is 0 Å². The zero-order chi connectivity index (χ0) is 9.40. The quantitative estimate of drug-likeness (QED) is 0.357. The number of carbonyl (C=O) groups is 1. The Morgan fingerprint density at radius 3 is 2.58 bits per heavy atom. The third-order valence-electron chi connectivity index (χ3n) is 1.38. The Balaban J connectivity index is 3.77. The van der Waals surface area contributed by atoms with Crippen LogP contribution in [-0.4, -0.2) is 28.7 Å². The molecular weight excluding hydrogens is 156 g/mol. The highest BCUT2D eigenvalue weighted by Crippen LogP contribution is 2.01. The van der Waals surface area contributed by atoms with Crippen LogP contribution in [0.4, 0.5) is 0 Å². The molecule has 68 valence electrons. The topological polar surface area (TPSA) is 57.5 Å². The first-order chi connectivity index (χ1) is 5.72. The van der Waals surface area contributed by atoms with E-state index in [1.54, 1.807) is 13.0 Å². The van der Waals surface area contributed by atoms with Gasteiger partial charge in [0.25, 0.3) is 0 Å². The van der Waals surface area contributed by atoms with Gasteiger partial charge in [-0.3, -0.25) is 4.79 Å². The highest BCUT2D eigenvalue weighted by molar-refractivity contribution is 5.64. The number of aldehydes is 1. The molecule has 3 heteroatoms. The molecule has 0 radical (unpaired) electrons. The first-order valence-corrected chi connectivity index (χ1v) is 3.81. The van der Waals surface area contributed by atoms with Gasteiger partial charge in [-0.05, 0) is 19.4 Å². The van der Waals surface area contributed by atoms with Gasteiger partial charge in [0.15, 0.2) is 0 Å². The van der Waals surface area contributed by atoms with Crippen molar-refractivity contribution in [3.63, 3.8) is 0 Å². The van der Waals surface area contributed by atoms with E-state index in [2.05, 4.69) is 0 Å². The second kappa shape index (κ2) is 6.76. The van der Waals surface area contributed by atoms with E-state index in [1.807, 2.05) is 0 Å². The molecule has 0 amide bonds. The fraction of sp³-hybridized carbons (Fsp3) is 0.444. The normalized spacial score (nSPS) is 16.9. The van der Waals surface area contributed by atoms with Crippen molar-refractivity contribution in [2.45, 2.75) is 25.6 Å². The zero-order valence-corrected chi connectivity index (χ0v) is 7.05. The number of hydrogen-bond acceptors (Lipinski definition) is 3. The summed E-state index contributed by atoms with van der Waals surface area (Å²) in [6, 6.07) is 0. The molecule has 3 nitrogen and oxygen atoms in total. The van der Waals surface area contributed by atoms with Crippen LogP contribution in [0.1, 0.15) is 13.3 Å². The molecule has 0 aromatic rings. The summed E-state index contributed by atoms with van der Waals surface area (Å²) in [5, 5.41) is 18.4. The van der Waals surface area contributed by atoms with Gasteiger partial charge in [-0.15, -0.1) is 0 Å². The lowest BCUT2D eigenvalue weighted by atomic mass is 10.1. The number of carbonyl (C=O) groups excluding carboxylic acids is 1. The minimum atomic E-state index is -0.855. The van der Waals surface area contributed by atoms with E-state index < -0.39 is 12.2 Å². The fourth-order valence-corrected chi connectivity index (χ4v) is 0.738. The van der Waals surface area contributed by atoms with Crippen LogP contribution in [0.5, 0.6) is 0 Å². The average Bonchev–Trinajstić information content (AvgIpc) is 2.05. The van der Waals surface area contributed by atoms with Crippen molar-refractivity contribution in [3.05, 3.63) is 24.3 Å². The van der Waals surface area contributed by atoms with Crippen molar-refractivity contribution < 1.29 is 15.0 Å². The Morgan fingerprint density at radius 1 is 1.42 bits per heavy atom. The van der Waals surface area contributed by atoms with Gasteiger partial charge in [0.1, 0.15) is 6.29 Å². The first-order valence-electron chi connectivity index (χ1n) is 3.81. The van der Waals surface area contributed by atoms with E-state index in [4.69, 9.17) is 5.11 Å². The summed E-state index contributed by atoms with van der Waals surface area (Å²) in [5.74, 6) is 0. The number of allylic oxidation sites excluding steroid dienone is 2. The van der Waals surface area contributed by atoms with Gasteiger partial charge in [-0.2, -0.15) is 0 Å². The van der Waals surface area contributed by atoms with Gasteiger partial charge >= 0.3 is 0 Å². The smallest absolute Gasteiger partial charge is 0.142 e. The molecule has 0 aromatic carbocycles. The molecule has 0 spiro atoms. The van der Waals surface area contributed by atoms with Crippen LogP contribution in [0, 0.1) is 0 Å². The molecule has 0 saturated carbocycles. The molecule has 0 heterocycles. The second-order valence-electron chi connectivity index (χ2n) is 2.38. The molecule has 2 atom stereocenters. The molecule has 0 bridgehead atoms. The maximum atomic E-state index is 9.84. The highest BCUT2D eigenvalue weighted by atomic mass is 16.3. The summed E-state index contributed by atoms with van der Waals surface area (Å²) in [4.78, 5) is 9.84. The SMILES string of the molecule is C/C=C/[C@H](O)[C@@H](O)C/C=C/C=O. The predicted octanol–water partition coefficient (Wildman–Crippen LogP) is 0.429. The van der Waals surface area contributed by atoms with E-state index in [0.29, 0.717) is 6.29 Å². The van der Waals surface area contributed by atoms with E-state index >= 15 is 0 Å². The standard InChI is InChI=1S/C9H14O3/c1-2-5-8(11)9(12)6-3-4-7-10/h2-5,7-9,11-12H,6H2,1H3/b4-3+,5-2+/t8-,9-/m0/s1. The molecular formula is C9H14O3. The summed E-state index contributed by atoms with van der Waals surface area (Å²) in [5.41, 5.74) is 0. The van der Waals surface area contributed by atoms with Crippen LogP contribution < -0.4 is 0 Å². The summed E-state index contributed by atoms with van der Waals surface area (Å²) < 4.78 is 0. The molecule has 0 aliphatic heterocycles. The Kier molecular flexibility index (Phi) is 6.24. The summed E-state index contributed by atoms with van der Waals surface area (Å²) in [7, 11) is 0. The second-order valence-corrected chi connectivity index (χ2v) is 2.38. The molecule has 0 aromatic heterocycles. The maximum Gasteiger partial charge on any atom is 0.142 e. The average molecular weight is 170 g/mol. The van der Waals surface area contributed by atoms with Crippen molar-refractivity contribution in [1.82, 2.24) is 0 Å². The number of aliphatic hydroxyl groups excluding tert-OH is 2. The van der Waals surface area contributed by atoms with Gasteiger partial charge in [-0.25, -0.2) is 0 Å². The van der Waals surface area contributed by atoms with Gasteiger partial charge in [-0.1, -0.05) is 18.2 Å². The Labute approximate surface area is 72.0 Å². The lowest BCUT2D eigenvalue weighted by molar-refractivity contribution is -0.104. The lowest BCUT2D eigenvalue weighted by Gasteiger charge is -2.11. The van der Waals surface area contributed by atoms with Gasteiger partial charge in [0.05, 0.1) is 12.2 Å². The summed E-state index contributed by atoms with van der Waals surface area (Å²) in [6.07, 6.45) is 5.20. The third kappa shape index (κ3) is 4.82. The third-order valence-corrected chi connectivity index (χ3v) is 1.38. The number of hydrogen-bond donors (Lipinski definition) is 2. The zero-order valence-electron chi connectivity index (χ0n) is 7.05. The largest absolute Gasteiger partial charge is 0.390 e. The van der Waals surface area contributed by atoms with E-state index in [0.717, 1.165) is 0 Å². The molecule has 0 aliphatic carbocycles. The van der Waals surface area contributed by atoms with Crippen LogP contribution in [0.25, 0.3) is 0 Å². The molecule has 0 rings (SSSR count). The first kappa shape index (κ1) is 11.1. The molecule has 0 saturated heterocycles. The predicted molar refractivity (Wildman–Crippen MR) is 46.6 cm³/mol. The van der Waals surface area contributed by atoms with Crippen molar-refractivity contribution in [2.24, 2.45) is 0 Å². The monoisotopic (exact) mass is 170 g/mol. The Hall–Kier alpha value is -0.930. The van der Waals surface area contributed by atoms with E-state index in [9.17, 15) is 9.90 Å². The lowest BCUT2D eigenvalue weighted by Crippen LogP contribution is -2.22. The van der Waals surface area contributed by atoms with Crippen LogP contribution >= 0.6 is 0 Å². The maximum absolute atomic E-state index is 9.84. The molecule has 0 fully saturated rings. The van der Waals surface area contributed by atoms with Crippen LogP contribution in [0.2, 0.25) is 0 Å². The summed E-state index contributed by atoms with van der Waals surface area (Å²) >= 11 is 0. The van der Waals surface area contributed by atoms with Crippen molar-refractivity contribution in [3.8, 4) is 0 Å². The van der Waals surface area contributed by atoms with Gasteiger partial charge < -0.3 is 10.2 Å². The molecule has 2 N–H and O–H groups in total. The highest BCUT2D eigenvalue weighted by Gasteiger charge is 2.09. The number of rotatable bonds is 5. The minimum Gasteiger partial charge on any atom is -0.390 e. The summed E-state index contributed by atoms with van der Waals surface area (Å²) in [6.45, 7) is 1.76. The Morgan fingerprint density at radius 2 is 2.08 bits per heavy atom. The molecule has 0 unspecified atom stereocenters. The van der Waals surface area contributed by atoms with E-state index in [-0.39, 0.29) is 6.42 Å². The minimum absolute atomic E-state index is 0.282. The van der Waals surface area contributed by atoms with E-state index in [1.165, 1.54) is 18.2 Å². The van der Waals surface area contributed by atoms with Gasteiger partial charge in [0.2, 0.25) is 0 Å². The van der Waals surface area contributed by atoms with Gasteiger partial charge in [0, 0.05) is 0 Å². The fourth-order valence-electron chi connectivity index (χ4n) is 0.738. The van der Waals surface area contributed by atoms with Crippen molar-refractivity contribution in [2.75, 3.05) is 0 Å². The van der Waals surface area contributed by atoms with Crippen LogP contribution in [0.3, 0.4) is 0 Å². The van der Waals surface area contributed by atoms with Crippen LogP contribution in [-0.2, 0) is 4.79 Å². The Bertz CT molecular complexity index is 173. The van der Waals surface area contributed by atoms with Crippen LogP contribution in [0.15, 0.2) is 24.3 Å². The van der Waals surface area contributed by atoms with Crippen molar-refractivity contribution >= 4 is 6.29 Å².